The van der Waals surface area contributed by atoms with Crippen molar-refractivity contribution in [3.05, 3.63) is 35.4 Å². The zero-order valence-corrected chi connectivity index (χ0v) is 11.5. The van der Waals surface area contributed by atoms with Gasteiger partial charge in [-0.1, -0.05) is 6.07 Å². The fraction of sp³-hybridized carbons (Fsp3) is 0.500. The van der Waals surface area contributed by atoms with Gasteiger partial charge in [0, 0.05) is 12.1 Å². The molecule has 0 aliphatic carbocycles. The quantitative estimate of drug-likeness (QED) is 0.885. The van der Waals surface area contributed by atoms with Crippen molar-refractivity contribution in [1.29, 1.82) is 0 Å². The predicted molar refractivity (Wildman–Crippen MR) is 70.1 cm³/mol. The lowest BCUT2D eigenvalue weighted by Crippen LogP contribution is -2.55. The van der Waals surface area contributed by atoms with E-state index in [4.69, 9.17) is 4.74 Å². The first-order chi connectivity index (χ1) is 9.50. The molecule has 1 aromatic carbocycles. The van der Waals surface area contributed by atoms with E-state index >= 15 is 0 Å². The first-order valence-corrected chi connectivity index (χ1v) is 6.60. The maximum Gasteiger partial charge on any atom is 0.240 e. The molecule has 1 unspecified atom stereocenters. The molecular weight excluding hydrogens is 266 g/mol. The van der Waals surface area contributed by atoms with Crippen molar-refractivity contribution in [3.63, 3.8) is 0 Å². The number of hydrogen-bond donors (Lipinski definition) is 2. The summed E-state index contributed by atoms with van der Waals surface area (Å²) in [4.78, 5) is 12.1. The first kappa shape index (κ1) is 14.9. The fourth-order valence-corrected chi connectivity index (χ4v) is 2.33. The smallest absolute Gasteiger partial charge is 0.240 e. The van der Waals surface area contributed by atoms with E-state index in [9.17, 15) is 13.6 Å². The van der Waals surface area contributed by atoms with Crippen LogP contribution in [0.1, 0.15) is 25.5 Å². The molecule has 1 heterocycles. The zero-order valence-electron chi connectivity index (χ0n) is 11.5. The molecule has 1 aliphatic rings. The van der Waals surface area contributed by atoms with Crippen molar-refractivity contribution in [1.82, 2.24) is 10.6 Å². The Kier molecular flexibility index (Phi) is 4.67. The van der Waals surface area contributed by atoms with Gasteiger partial charge in [0.25, 0.3) is 0 Å². The van der Waals surface area contributed by atoms with Gasteiger partial charge >= 0.3 is 0 Å². The number of benzene rings is 1. The molecule has 0 spiro atoms. The van der Waals surface area contributed by atoms with E-state index in [1.165, 1.54) is 18.2 Å². The molecule has 110 valence electrons. The highest BCUT2D eigenvalue weighted by atomic mass is 19.1. The number of halogens is 2. The molecule has 0 radical (unpaired) electrons. The van der Waals surface area contributed by atoms with Crippen LogP contribution in [0.25, 0.3) is 0 Å². The van der Waals surface area contributed by atoms with Gasteiger partial charge in [-0.25, -0.2) is 8.78 Å². The van der Waals surface area contributed by atoms with E-state index in [-0.39, 0.29) is 17.6 Å². The number of amides is 1. The SMILES string of the molecule is CC(NC(=O)[C@H]1NCCO[C@@H]1C)c1c(F)cccc1F. The number of carbonyl (C=O) groups is 1. The summed E-state index contributed by atoms with van der Waals surface area (Å²) in [6.45, 7) is 4.45. The second-order valence-corrected chi connectivity index (χ2v) is 4.87. The Morgan fingerprint density at radius 3 is 2.70 bits per heavy atom. The van der Waals surface area contributed by atoms with E-state index in [1.807, 2.05) is 0 Å². The van der Waals surface area contributed by atoms with Crippen molar-refractivity contribution in [2.24, 2.45) is 0 Å². The average Bonchev–Trinajstić information content (AvgIpc) is 2.38. The average molecular weight is 284 g/mol. The summed E-state index contributed by atoms with van der Waals surface area (Å²) in [6, 6.07) is 2.37. The summed E-state index contributed by atoms with van der Waals surface area (Å²) >= 11 is 0. The Hall–Kier alpha value is -1.53. The van der Waals surface area contributed by atoms with E-state index in [0.29, 0.717) is 13.2 Å². The van der Waals surface area contributed by atoms with Crippen LogP contribution >= 0.6 is 0 Å². The molecule has 0 bridgehead atoms. The van der Waals surface area contributed by atoms with Gasteiger partial charge in [0.15, 0.2) is 0 Å². The second kappa shape index (κ2) is 6.28. The standard InChI is InChI=1S/C14H18F2N2O2/c1-8(12-10(15)4-3-5-11(12)16)18-14(19)13-9(2)20-7-6-17-13/h3-5,8-9,13,17H,6-7H2,1-2H3,(H,18,19)/t8?,9-,13+/m1/s1. The lowest BCUT2D eigenvalue weighted by molar-refractivity contribution is -0.129. The molecule has 20 heavy (non-hydrogen) atoms. The fourth-order valence-electron chi connectivity index (χ4n) is 2.33. The van der Waals surface area contributed by atoms with E-state index in [0.717, 1.165) is 0 Å². The minimum atomic E-state index is -0.750. The first-order valence-electron chi connectivity index (χ1n) is 6.60. The van der Waals surface area contributed by atoms with Gasteiger partial charge in [-0.2, -0.15) is 0 Å². The third kappa shape index (κ3) is 3.13. The Balaban J connectivity index is 2.07. The van der Waals surface area contributed by atoms with Gasteiger partial charge in [0.1, 0.15) is 17.7 Å². The topological polar surface area (TPSA) is 50.4 Å². The Morgan fingerprint density at radius 1 is 1.45 bits per heavy atom. The van der Waals surface area contributed by atoms with Gasteiger partial charge in [0.2, 0.25) is 5.91 Å². The zero-order chi connectivity index (χ0) is 14.7. The van der Waals surface area contributed by atoms with E-state index in [1.54, 1.807) is 13.8 Å². The minimum absolute atomic E-state index is 0.134. The van der Waals surface area contributed by atoms with Crippen LogP contribution in [0.15, 0.2) is 18.2 Å². The van der Waals surface area contributed by atoms with Crippen LogP contribution in [-0.2, 0) is 9.53 Å². The molecule has 1 aromatic rings. The monoisotopic (exact) mass is 284 g/mol. The summed E-state index contributed by atoms with van der Waals surface area (Å²) in [7, 11) is 0. The van der Waals surface area contributed by atoms with Crippen LogP contribution in [0.5, 0.6) is 0 Å². The lowest BCUT2D eigenvalue weighted by Gasteiger charge is -2.30. The van der Waals surface area contributed by atoms with Crippen LogP contribution in [-0.4, -0.2) is 31.2 Å². The van der Waals surface area contributed by atoms with E-state index in [2.05, 4.69) is 10.6 Å². The Bertz CT molecular complexity index is 476. The number of carbonyl (C=O) groups excluding carboxylic acids is 1. The van der Waals surface area contributed by atoms with Crippen LogP contribution in [0.4, 0.5) is 8.78 Å². The van der Waals surface area contributed by atoms with Gasteiger partial charge in [-0.05, 0) is 26.0 Å². The molecule has 1 aliphatic heterocycles. The number of morpholine rings is 1. The number of nitrogens with one attached hydrogen (secondary N) is 2. The van der Waals surface area contributed by atoms with Crippen molar-refractivity contribution in [2.75, 3.05) is 13.2 Å². The highest BCUT2D eigenvalue weighted by Gasteiger charge is 2.30. The van der Waals surface area contributed by atoms with Crippen LogP contribution < -0.4 is 10.6 Å². The van der Waals surface area contributed by atoms with Gasteiger partial charge in [-0.3, -0.25) is 4.79 Å². The van der Waals surface area contributed by atoms with Crippen molar-refractivity contribution < 1.29 is 18.3 Å². The molecule has 2 N–H and O–H groups in total. The molecule has 0 saturated carbocycles. The molecule has 3 atom stereocenters. The van der Waals surface area contributed by atoms with Crippen LogP contribution in [0, 0.1) is 11.6 Å². The van der Waals surface area contributed by atoms with Crippen molar-refractivity contribution in [2.45, 2.75) is 32.0 Å². The summed E-state index contributed by atoms with van der Waals surface area (Å²) < 4.78 is 32.7. The third-order valence-corrected chi connectivity index (χ3v) is 3.39. The lowest BCUT2D eigenvalue weighted by atomic mass is 10.1. The number of ether oxygens (including phenoxy) is 1. The molecule has 1 fully saturated rings. The molecule has 2 rings (SSSR count). The summed E-state index contributed by atoms with van der Waals surface area (Å²) in [5.41, 5.74) is -0.134. The molecule has 1 amide bonds. The predicted octanol–water partition coefficient (Wildman–Crippen LogP) is 1.52. The molecule has 0 aromatic heterocycles. The minimum Gasteiger partial charge on any atom is -0.375 e. The maximum atomic E-state index is 13.6. The normalized spacial score (nSPS) is 24.2. The van der Waals surface area contributed by atoms with Gasteiger partial charge < -0.3 is 15.4 Å². The van der Waals surface area contributed by atoms with Crippen molar-refractivity contribution in [3.8, 4) is 0 Å². The third-order valence-electron chi connectivity index (χ3n) is 3.39. The molecular formula is C14H18F2N2O2. The summed E-state index contributed by atoms with van der Waals surface area (Å²) in [5, 5.41) is 5.65. The van der Waals surface area contributed by atoms with Gasteiger partial charge in [0.05, 0.1) is 18.8 Å². The number of rotatable bonds is 3. The largest absolute Gasteiger partial charge is 0.375 e. The molecule has 6 heteroatoms. The maximum absolute atomic E-state index is 13.6. The summed E-state index contributed by atoms with van der Waals surface area (Å²) in [6.07, 6.45) is -0.276. The van der Waals surface area contributed by atoms with Gasteiger partial charge in [-0.15, -0.1) is 0 Å². The Morgan fingerprint density at radius 2 is 2.10 bits per heavy atom. The second-order valence-electron chi connectivity index (χ2n) is 4.87. The summed E-state index contributed by atoms with van der Waals surface area (Å²) in [5.74, 6) is -1.66. The highest BCUT2D eigenvalue weighted by Crippen LogP contribution is 2.20. The van der Waals surface area contributed by atoms with Crippen molar-refractivity contribution >= 4 is 5.91 Å². The number of hydrogen-bond acceptors (Lipinski definition) is 3. The highest BCUT2D eigenvalue weighted by molar-refractivity contribution is 5.82. The van der Waals surface area contributed by atoms with E-state index < -0.39 is 23.7 Å². The molecule has 4 nitrogen and oxygen atoms in total. The van der Waals surface area contributed by atoms with Crippen LogP contribution in [0.2, 0.25) is 0 Å². The van der Waals surface area contributed by atoms with Crippen LogP contribution in [0.3, 0.4) is 0 Å². The molecule has 1 saturated heterocycles. The Labute approximate surface area is 116 Å².